The monoisotopic (exact) mass is 296 g/mol. The van der Waals surface area contributed by atoms with Crippen LogP contribution in [-0.4, -0.2) is 52.1 Å². The highest BCUT2D eigenvalue weighted by Crippen LogP contribution is 2.33. The number of hydrogen-bond donors (Lipinski definition) is 1. The molecule has 0 bridgehead atoms. The first kappa shape index (κ1) is 16.1. The predicted octanol–water partition coefficient (Wildman–Crippen LogP) is 2.95. The third-order valence-electron chi connectivity index (χ3n) is 5.58. The number of urea groups is 1. The Morgan fingerprint density at radius 3 is 2.43 bits per heavy atom. The number of carboxylic acids is 1. The molecule has 0 aromatic rings. The van der Waals surface area contributed by atoms with Crippen LogP contribution in [0.5, 0.6) is 0 Å². The molecule has 5 nitrogen and oxygen atoms in total. The fourth-order valence-corrected chi connectivity index (χ4v) is 3.78. The zero-order valence-electron chi connectivity index (χ0n) is 13.5. The molecular formula is C16H28N2O3. The number of aliphatic carboxylic acids is 1. The van der Waals surface area contributed by atoms with Gasteiger partial charge in [0.15, 0.2) is 0 Å². The Labute approximate surface area is 127 Å². The van der Waals surface area contributed by atoms with Crippen molar-refractivity contribution in [2.45, 2.75) is 70.4 Å². The van der Waals surface area contributed by atoms with E-state index in [1.54, 1.807) is 16.7 Å². The van der Waals surface area contributed by atoms with Crippen LogP contribution in [0.3, 0.4) is 0 Å². The largest absolute Gasteiger partial charge is 0.480 e. The molecule has 2 rings (SSSR count). The topological polar surface area (TPSA) is 60.9 Å². The van der Waals surface area contributed by atoms with E-state index in [1.165, 1.54) is 19.3 Å². The molecule has 21 heavy (non-hydrogen) atoms. The molecule has 0 aromatic heterocycles. The van der Waals surface area contributed by atoms with Gasteiger partial charge in [-0.25, -0.2) is 9.59 Å². The maximum absolute atomic E-state index is 12.7. The van der Waals surface area contributed by atoms with Crippen LogP contribution in [0.25, 0.3) is 0 Å². The van der Waals surface area contributed by atoms with Crippen molar-refractivity contribution in [3.8, 4) is 0 Å². The van der Waals surface area contributed by atoms with E-state index in [2.05, 4.69) is 6.92 Å². The molecule has 1 atom stereocenters. The molecule has 2 fully saturated rings. The summed E-state index contributed by atoms with van der Waals surface area (Å²) in [5.74, 6) is -0.0998. The average molecular weight is 296 g/mol. The van der Waals surface area contributed by atoms with Gasteiger partial charge >= 0.3 is 12.0 Å². The Bertz CT molecular complexity index is 404. The molecule has 1 aliphatic carbocycles. The van der Waals surface area contributed by atoms with Crippen LogP contribution >= 0.6 is 0 Å². The van der Waals surface area contributed by atoms with Crippen LogP contribution < -0.4 is 0 Å². The summed E-state index contributed by atoms with van der Waals surface area (Å²) in [5.41, 5.74) is -1.04. The van der Waals surface area contributed by atoms with Gasteiger partial charge in [0, 0.05) is 19.6 Å². The fourth-order valence-electron chi connectivity index (χ4n) is 3.78. The first-order valence-electron chi connectivity index (χ1n) is 8.18. The average Bonchev–Trinajstić information content (AvgIpc) is 2.89. The zero-order chi connectivity index (χ0) is 15.6. The van der Waals surface area contributed by atoms with Gasteiger partial charge in [0.2, 0.25) is 0 Å². The molecule has 0 aromatic carbocycles. The minimum absolute atomic E-state index is 0.114. The first-order valence-corrected chi connectivity index (χ1v) is 8.18. The summed E-state index contributed by atoms with van der Waals surface area (Å²) in [5, 5.41) is 9.44. The summed E-state index contributed by atoms with van der Waals surface area (Å²) in [6.07, 6.45) is 6.96. The van der Waals surface area contributed by atoms with Gasteiger partial charge in [-0.3, -0.25) is 0 Å². The third-order valence-corrected chi connectivity index (χ3v) is 5.58. The summed E-state index contributed by atoms with van der Waals surface area (Å²) >= 11 is 0. The standard InChI is InChI=1S/C16H28N2O3/c1-4-12-6-8-13(9-7-12)17(3)15(21)18-11-5-10-16(18,2)14(19)20/h12-13H,4-11H2,1-3H3,(H,19,20). The molecule has 1 N–H and O–H groups in total. The predicted molar refractivity (Wildman–Crippen MR) is 81.2 cm³/mol. The van der Waals surface area contributed by atoms with Crippen molar-refractivity contribution in [3.05, 3.63) is 0 Å². The molecule has 1 unspecified atom stereocenters. The van der Waals surface area contributed by atoms with Crippen LogP contribution in [0.15, 0.2) is 0 Å². The van der Waals surface area contributed by atoms with Crippen LogP contribution in [0, 0.1) is 5.92 Å². The second-order valence-electron chi connectivity index (χ2n) is 6.81. The lowest BCUT2D eigenvalue weighted by molar-refractivity contribution is -0.147. The number of rotatable bonds is 3. The van der Waals surface area contributed by atoms with Gasteiger partial charge in [-0.15, -0.1) is 0 Å². The molecule has 1 aliphatic heterocycles. The van der Waals surface area contributed by atoms with Crippen molar-refractivity contribution in [1.29, 1.82) is 0 Å². The minimum Gasteiger partial charge on any atom is -0.480 e. The fraction of sp³-hybridized carbons (Fsp3) is 0.875. The van der Waals surface area contributed by atoms with Gasteiger partial charge in [0.05, 0.1) is 0 Å². The molecule has 120 valence electrons. The number of carboxylic acid groups (broad SMARTS) is 1. The summed E-state index contributed by atoms with van der Waals surface area (Å²) in [4.78, 5) is 27.6. The van der Waals surface area contributed by atoms with Crippen LogP contribution in [0.4, 0.5) is 4.79 Å². The Morgan fingerprint density at radius 1 is 1.29 bits per heavy atom. The zero-order valence-corrected chi connectivity index (χ0v) is 13.5. The third kappa shape index (κ3) is 3.01. The van der Waals surface area contributed by atoms with Crippen LogP contribution in [-0.2, 0) is 4.79 Å². The Balaban J connectivity index is 2.01. The number of carbonyl (C=O) groups excluding carboxylic acids is 1. The van der Waals surface area contributed by atoms with Crippen molar-refractivity contribution in [3.63, 3.8) is 0 Å². The molecule has 2 aliphatic rings. The first-order chi connectivity index (χ1) is 9.90. The number of carbonyl (C=O) groups is 2. The van der Waals surface area contributed by atoms with Crippen molar-refractivity contribution in [1.82, 2.24) is 9.80 Å². The van der Waals surface area contributed by atoms with Gasteiger partial charge in [-0.2, -0.15) is 0 Å². The van der Waals surface area contributed by atoms with E-state index in [9.17, 15) is 14.7 Å². The van der Waals surface area contributed by atoms with Gasteiger partial charge in [0.1, 0.15) is 5.54 Å². The maximum atomic E-state index is 12.7. The second-order valence-corrected chi connectivity index (χ2v) is 6.81. The molecule has 1 saturated heterocycles. The van der Waals surface area contributed by atoms with Crippen LogP contribution in [0.2, 0.25) is 0 Å². The Hall–Kier alpha value is -1.26. The lowest BCUT2D eigenvalue weighted by Gasteiger charge is -2.39. The van der Waals surface area contributed by atoms with E-state index >= 15 is 0 Å². The SMILES string of the molecule is CCC1CCC(N(C)C(=O)N2CCCC2(C)C(=O)O)CC1. The van der Waals surface area contributed by atoms with E-state index in [4.69, 9.17) is 0 Å². The molecule has 1 saturated carbocycles. The van der Waals surface area contributed by atoms with Crippen molar-refractivity contribution < 1.29 is 14.7 Å². The van der Waals surface area contributed by atoms with Gasteiger partial charge in [-0.05, 0) is 51.4 Å². The van der Waals surface area contributed by atoms with Crippen molar-refractivity contribution in [2.24, 2.45) is 5.92 Å². The van der Waals surface area contributed by atoms with Gasteiger partial charge in [0.25, 0.3) is 0 Å². The number of amides is 2. The molecule has 0 radical (unpaired) electrons. The quantitative estimate of drug-likeness (QED) is 0.871. The summed E-state index contributed by atoms with van der Waals surface area (Å²) < 4.78 is 0. The van der Waals surface area contributed by atoms with E-state index in [0.717, 1.165) is 25.2 Å². The summed E-state index contributed by atoms with van der Waals surface area (Å²) in [7, 11) is 1.83. The Kier molecular flexibility index (Phi) is 4.79. The van der Waals surface area contributed by atoms with E-state index < -0.39 is 11.5 Å². The molecule has 5 heteroatoms. The second kappa shape index (κ2) is 6.24. The highest BCUT2D eigenvalue weighted by Gasteiger charge is 2.47. The highest BCUT2D eigenvalue weighted by molar-refractivity contribution is 5.86. The smallest absolute Gasteiger partial charge is 0.329 e. The van der Waals surface area contributed by atoms with Gasteiger partial charge in [-0.1, -0.05) is 13.3 Å². The van der Waals surface area contributed by atoms with Crippen LogP contribution in [0.1, 0.15) is 58.8 Å². The van der Waals surface area contributed by atoms with E-state index in [-0.39, 0.29) is 12.1 Å². The normalized spacial score (nSPS) is 33.0. The van der Waals surface area contributed by atoms with E-state index in [0.29, 0.717) is 13.0 Å². The highest BCUT2D eigenvalue weighted by atomic mass is 16.4. The minimum atomic E-state index is -1.04. The molecule has 2 amide bonds. The molecule has 0 spiro atoms. The van der Waals surface area contributed by atoms with Crippen molar-refractivity contribution in [2.75, 3.05) is 13.6 Å². The summed E-state index contributed by atoms with van der Waals surface area (Å²) in [6.45, 7) is 4.45. The maximum Gasteiger partial charge on any atom is 0.329 e. The lowest BCUT2D eigenvalue weighted by Crippen LogP contribution is -2.56. The molecular weight excluding hydrogens is 268 g/mol. The lowest BCUT2D eigenvalue weighted by atomic mass is 9.84. The van der Waals surface area contributed by atoms with E-state index in [1.807, 2.05) is 7.05 Å². The van der Waals surface area contributed by atoms with Crippen molar-refractivity contribution >= 4 is 12.0 Å². The van der Waals surface area contributed by atoms with Gasteiger partial charge < -0.3 is 14.9 Å². The molecule has 1 heterocycles. The number of nitrogens with zero attached hydrogens (tertiary/aromatic N) is 2. The number of likely N-dealkylation sites (tertiary alicyclic amines) is 1. The summed E-state index contributed by atoms with van der Waals surface area (Å²) in [6, 6.07) is 0.149. The number of hydrogen-bond acceptors (Lipinski definition) is 2. The Morgan fingerprint density at radius 2 is 1.90 bits per heavy atom.